The molecular weight excluding hydrogens is 268 g/mol. The zero-order valence-corrected chi connectivity index (χ0v) is 10.9. The topological polar surface area (TPSA) is 60.7 Å². The number of halogens is 1. The third kappa shape index (κ3) is 2.82. The standard InChI is InChI=1S/C13H11ClN2O3/c1-2-19-11(17)7-6-9-12(14)15-10-5-3-4-8-16(10)13(9)18/h3-8H,2H2,1H3/b7-6-. The molecule has 0 fully saturated rings. The average Bonchev–Trinajstić information content (AvgIpc) is 2.39. The minimum Gasteiger partial charge on any atom is -0.463 e. The molecule has 0 N–H and O–H groups in total. The van der Waals surface area contributed by atoms with Crippen LogP contribution in [0.4, 0.5) is 0 Å². The number of nitrogens with zero attached hydrogens (tertiary/aromatic N) is 2. The van der Waals surface area contributed by atoms with Crippen molar-refractivity contribution in [2.75, 3.05) is 6.61 Å². The van der Waals surface area contributed by atoms with Gasteiger partial charge in [0.15, 0.2) is 0 Å². The van der Waals surface area contributed by atoms with Crippen LogP contribution in [0.15, 0.2) is 35.3 Å². The van der Waals surface area contributed by atoms with Crippen LogP contribution in [-0.4, -0.2) is 22.0 Å². The third-order valence-corrected chi connectivity index (χ3v) is 2.68. The Balaban J connectivity index is 2.49. The first-order valence-electron chi connectivity index (χ1n) is 5.65. The summed E-state index contributed by atoms with van der Waals surface area (Å²) < 4.78 is 6.09. The van der Waals surface area contributed by atoms with E-state index in [0.29, 0.717) is 5.65 Å². The van der Waals surface area contributed by atoms with E-state index in [1.807, 2.05) is 0 Å². The monoisotopic (exact) mass is 278 g/mol. The van der Waals surface area contributed by atoms with Crippen LogP contribution in [0.5, 0.6) is 0 Å². The van der Waals surface area contributed by atoms with Crippen molar-refractivity contribution in [3.05, 3.63) is 51.5 Å². The summed E-state index contributed by atoms with van der Waals surface area (Å²) >= 11 is 5.94. The van der Waals surface area contributed by atoms with Crippen LogP contribution in [-0.2, 0) is 9.53 Å². The molecule has 98 valence electrons. The van der Waals surface area contributed by atoms with Crippen molar-refractivity contribution >= 4 is 29.3 Å². The van der Waals surface area contributed by atoms with Gasteiger partial charge in [-0.1, -0.05) is 17.7 Å². The highest BCUT2D eigenvalue weighted by atomic mass is 35.5. The van der Waals surface area contributed by atoms with E-state index < -0.39 is 5.97 Å². The van der Waals surface area contributed by atoms with Crippen molar-refractivity contribution in [2.24, 2.45) is 0 Å². The van der Waals surface area contributed by atoms with Crippen molar-refractivity contribution in [3.63, 3.8) is 0 Å². The molecule has 0 aliphatic rings. The maximum atomic E-state index is 12.2. The fourth-order valence-electron chi connectivity index (χ4n) is 1.56. The van der Waals surface area contributed by atoms with Gasteiger partial charge in [-0.3, -0.25) is 9.20 Å². The number of pyridine rings is 1. The lowest BCUT2D eigenvalue weighted by molar-refractivity contribution is -0.137. The van der Waals surface area contributed by atoms with Crippen LogP contribution < -0.4 is 5.56 Å². The first-order valence-corrected chi connectivity index (χ1v) is 6.03. The Morgan fingerprint density at radius 2 is 2.32 bits per heavy atom. The first-order chi connectivity index (χ1) is 9.13. The largest absolute Gasteiger partial charge is 0.463 e. The summed E-state index contributed by atoms with van der Waals surface area (Å²) in [4.78, 5) is 27.5. The minimum absolute atomic E-state index is 0.0525. The SMILES string of the molecule is CCOC(=O)/C=C\c1c(Cl)nc2ccccn2c1=O. The van der Waals surface area contributed by atoms with Crippen molar-refractivity contribution in [1.29, 1.82) is 0 Å². The maximum Gasteiger partial charge on any atom is 0.330 e. The van der Waals surface area contributed by atoms with Gasteiger partial charge in [-0.15, -0.1) is 0 Å². The number of esters is 1. The number of ether oxygens (including phenoxy) is 1. The minimum atomic E-state index is -0.531. The summed E-state index contributed by atoms with van der Waals surface area (Å²) in [5.74, 6) is -0.531. The molecule has 2 heterocycles. The Kier molecular flexibility index (Phi) is 3.97. The highest BCUT2D eigenvalue weighted by molar-refractivity contribution is 6.31. The fourth-order valence-corrected chi connectivity index (χ4v) is 1.79. The number of carbonyl (C=O) groups excluding carboxylic acids is 1. The van der Waals surface area contributed by atoms with E-state index in [-0.39, 0.29) is 22.9 Å². The zero-order valence-electron chi connectivity index (χ0n) is 10.2. The smallest absolute Gasteiger partial charge is 0.330 e. The summed E-state index contributed by atoms with van der Waals surface area (Å²) in [5, 5.41) is 0.0525. The molecule has 19 heavy (non-hydrogen) atoms. The highest BCUT2D eigenvalue weighted by Crippen LogP contribution is 2.12. The molecule has 0 saturated carbocycles. The number of fused-ring (bicyclic) bond motifs is 1. The summed E-state index contributed by atoms with van der Waals surface area (Å²) in [5.41, 5.74) is 0.264. The van der Waals surface area contributed by atoms with Crippen LogP contribution in [0, 0.1) is 0 Å². The van der Waals surface area contributed by atoms with Gasteiger partial charge >= 0.3 is 5.97 Å². The molecule has 0 aromatic carbocycles. The lowest BCUT2D eigenvalue weighted by Crippen LogP contribution is -2.18. The lowest BCUT2D eigenvalue weighted by Gasteiger charge is -2.02. The molecule has 5 nitrogen and oxygen atoms in total. The van der Waals surface area contributed by atoms with Crippen molar-refractivity contribution < 1.29 is 9.53 Å². The molecule has 6 heteroatoms. The molecule has 0 unspecified atom stereocenters. The highest BCUT2D eigenvalue weighted by Gasteiger charge is 2.08. The van der Waals surface area contributed by atoms with E-state index in [2.05, 4.69) is 4.98 Å². The van der Waals surface area contributed by atoms with Gasteiger partial charge in [0.2, 0.25) is 0 Å². The van der Waals surface area contributed by atoms with Crippen molar-refractivity contribution in [2.45, 2.75) is 6.92 Å². The molecule has 0 amide bonds. The van der Waals surface area contributed by atoms with Crippen LogP contribution in [0.3, 0.4) is 0 Å². The molecule has 0 bridgehead atoms. The van der Waals surface area contributed by atoms with Gasteiger partial charge in [0.25, 0.3) is 5.56 Å². The summed E-state index contributed by atoms with van der Waals surface area (Å²) in [6.45, 7) is 1.97. The van der Waals surface area contributed by atoms with Crippen LogP contribution in [0.2, 0.25) is 5.15 Å². The quantitative estimate of drug-likeness (QED) is 0.489. The maximum absolute atomic E-state index is 12.2. The summed E-state index contributed by atoms with van der Waals surface area (Å²) in [7, 11) is 0. The molecule has 0 spiro atoms. The molecule has 0 saturated heterocycles. The van der Waals surface area contributed by atoms with Crippen LogP contribution >= 0.6 is 11.6 Å². The Labute approximate surface area is 114 Å². The van der Waals surface area contributed by atoms with E-state index in [1.165, 1.54) is 10.5 Å². The van der Waals surface area contributed by atoms with Crippen molar-refractivity contribution in [3.8, 4) is 0 Å². The van der Waals surface area contributed by atoms with Gasteiger partial charge in [0.1, 0.15) is 10.8 Å². The number of rotatable bonds is 3. The number of aromatic nitrogens is 2. The molecule has 2 rings (SSSR count). The van der Waals surface area contributed by atoms with E-state index in [1.54, 1.807) is 31.3 Å². The van der Waals surface area contributed by atoms with E-state index in [4.69, 9.17) is 16.3 Å². The van der Waals surface area contributed by atoms with E-state index >= 15 is 0 Å². The Morgan fingerprint density at radius 1 is 1.53 bits per heavy atom. The Morgan fingerprint density at radius 3 is 3.05 bits per heavy atom. The van der Waals surface area contributed by atoms with Crippen LogP contribution in [0.1, 0.15) is 12.5 Å². The zero-order chi connectivity index (χ0) is 13.8. The Bertz CT molecular complexity index is 707. The fraction of sp³-hybridized carbons (Fsp3) is 0.154. The lowest BCUT2D eigenvalue weighted by atomic mass is 10.3. The van der Waals surface area contributed by atoms with Gasteiger partial charge in [0, 0.05) is 12.3 Å². The Hall–Kier alpha value is -2.14. The van der Waals surface area contributed by atoms with E-state index in [0.717, 1.165) is 6.08 Å². The molecule has 0 atom stereocenters. The predicted molar refractivity (Wildman–Crippen MR) is 72.1 cm³/mol. The first kappa shape index (κ1) is 13.3. The molecule has 2 aromatic rings. The van der Waals surface area contributed by atoms with Gasteiger partial charge in [-0.05, 0) is 25.1 Å². The second-order valence-corrected chi connectivity index (χ2v) is 3.99. The van der Waals surface area contributed by atoms with Gasteiger partial charge in [-0.25, -0.2) is 9.78 Å². The second-order valence-electron chi connectivity index (χ2n) is 3.64. The second kappa shape index (κ2) is 5.67. The number of hydrogen-bond acceptors (Lipinski definition) is 4. The van der Waals surface area contributed by atoms with E-state index in [9.17, 15) is 9.59 Å². The van der Waals surface area contributed by atoms with Gasteiger partial charge in [0.05, 0.1) is 12.2 Å². The summed E-state index contributed by atoms with van der Waals surface area (Å²) in [6.07, 6.45) is 4.06. The van der Waals surface area contributed by atoms with Gasteiger partial charge in [-0.2, -0.15) is 0 Å². The molecular formula is C13H11ClN2O3. The predicted octanol–water partition coefficient (Wildman–Crippen LogP) is 1.92. The normalized spacial score (nSPS) is 11.1. The van der Waals surface area contributed by atoms with Crippen molar-refractivity contribution in [1.82, 2.24) is 9.38 Å². The molecule has 2 aromatic heterocycles. The van der Waals surface area contributed by atoms with Gasteiger partial charge < -0.3 is 4.74 Å². The number of carbonyl (C=O) groups is 1. The molecule has 0 aliphatic carbocycles. The average molecular weight is 279 g/mol. The molecule has 0 aliphatic heterocycles. The summed E-state index contributed by atoms with van der Waals surface area (Å²) in [6, 6.07) is 5.14. The number of hydrogen-bond donors (Lipinski definition) is 0. The van der Waals surface area contributed by atoms with Crippen LogP contribution in [0.25, 0.3) is 11.7 Å². The molecule has 0 radical (unpaired) electrons. The third-order valence-electron chi connectivity index (χ3n) is 2.40.